The Hall–Kier alpha value is -2.98. The molecule has 2 aromatic carbocycles. The Bertz CT molecular complexity index is 952. The smallest absolute Gasteiger partial charge is 0.252 e. The number of rotatable bonds is 7. The number of carbonyl (C=O) groups is 1. The molecule has 1 N–H and O–H groups in total. The summed E-state index contributed by atoms with van der Waals surface area (Å²) in [4.78, 5) is 19.7. The SMILES string of the molecule is CC(NC(=O)c1ccccc1)N1CCC(CCc2ccccc2)(c2ccccn2)CC1. The van der Waals surface area contributed by atoms with Crippen molar-refractivity contribution in [3.63, 3.8) is 0 Å². The zero-order valence-corrected chi connectivity index (χ0v) is 18.2. The minimum atomic E-state index is -0.0151. The number of benzene rings is 2. The molecule has 4 heteroatoms. The summed E-state index contributed by atoms with van der Waals surface area (Å²) in [5, 5.41) is 3.16. The minimum Gasteiger partial charge on any atom is -0.337 e. The quantitative estimate of drug-likeness (QED) is 0.604. The molecule has 0 spiro atoms. The molecule has 3 aromatic rings. The minimum absolute atomic E-state index is 0.00330. The number of aryl methyl sites for hydroxylation is 1. The van der Waals surface area contributed by atoms with Gasteiger partial charge in [0.2, 0.25) is 0 Å². The fourth-order valence-corrected chi connectivity index (χ4v) is 4.63. The predicted molar refractivity (Wildman–Crippen MR) is 125 cm³/mol. The fraction of sp³-hybridized carbons (Fsp3) is 0.333. The lowest BCUT2D eigenvalue weighted by Gasteiger charge is -2.43. The molecule has 160 valence electrons. The van der Waals surface area contributed by atoms with Crippen LogP contribution in [-0.2, 0) is 11.8 Å². The first-order valence-electron chi connectivity index (χ1n) is 11.2. The summed E-state index contributed by atoms with van der Waals surface area (Å²) < 4.78 is 0. The first-order chi connectivity index (χ1) is 15.2. The van der Waals surface area contributed by atoms with Gasteiger partial charge in [-0.25, -0.2) is 0 Å². The van der Waals surface area contributed by atoms with E-state index in [1.54, 1.807) is 0 Å². The highest BCUT2D eigenvalue weighted by atomic mass is 16.1. The molecule has 4 nitrogen and oxygen atoms in total. The summed E-state index contributed by atoms with van der Waals surface area (Å²) in [7, 11) is 0. The Morgan fingerprint density at radius 2 is 1.61 bits per heavy atom. The standard InChI is InChI=1S/C27H31N3O/c1-22(29-26(31)24-12-6-3-7-13-24)30-20-17-27(18-21-30,25-14-8-9-19-28-25)16-15-23-10-4-2-5-11-23/h2-14,19,22H,15-18,20-21H2,1H3,(H,29,31). The topological polar surface area (TPSA) is 45.2 Å². The molecule has 0 saturated carbocycles. The van der Waals surface area contributed by atoms with Crippen molar-refractivity contribution in [1.82, 2.24) is 15.2 Å². The third-order valence-corrected chi connectivity index (χ3v) is 6.62. The molecular formula is C27H31N3O. The van der Waals surface area contributed by atoms with Crippen molar-refractivity contribution in [1.29, 1.82) is 0 Å². The second kappa shape index (κ2) is 9.88. The maximum Gasteiger partial charge on any atom is 0.252 e. The molecule has 2 heterocycles. The van der Waals surface area contributed by atoms with Crippen LogP contribution < -0.4 is 5.32 Å². The number of hydrogen-bond acceptors (Lipinski definition) is 3. The lowest BCUT2D eigenvalue weighted by atomic mass is 9.71. The van der Waals surface area contributed by atoms with Crippen LogP contribution in [-0.4, -0.2) is 35.0 Å². The molecule has 4 rings (SSSR count). The summed E-state index contributed by atoms with van der Waals surface area (Å²) >= 11 is 0. The van der Waals surface area contributed by atoms with E-state index >= 15 is 0 Å². The van der Waals surface area contributed by atoms with Gasteiger partial charge < -0.3 is 5.32 Å². The van der Waals surface area contributed by atoms with Crippen molar-refractivity contribution >= 4 is 5.91 Å². The summed E-state index contributed by atoms with van der Waals surface area (Å²) in [6.07, 6.45) is 6.15. The van der Waals surface area contributed by atoms with Crippen molar-refractivity contribution in [3.8, 4) is 0 Å². The third-order valence-electron chi connectivity index (χ3n) is 6.62. The van der Waals surface area contributed by atoms with Gasteiger partial charge >= 0.3 is 0 Å². The van der Waals surface area contributed by atoms with Crippen molar-refractivity contribution < 1.29 is 4.79 Å². The molecule has 1 atom stereocenters. The van der Waals surface area contributed by atoms with Gasteiger partial charge in [-0.15, -0.1) is 0 Å². The summed E-state index contributed by atoms with van der Waals surface area (Å²) in [6, 6.07) is 26.4. The highest BCUT2D eigenvalue weighted by molar-refractivity contribution is 5.94. The fourth-order valence-electron chi connectivity index (χ4n) is 4.63. The molecule has 1 unspecified atom stereocenters. The maximum absolute atomic E-state index is 12.6. The number of nitrogens with one attached hydrogen (secondary N) is 1. The van der Waals surface area contributed by atoms with E-state index in [2.05, 4.69) is 59.6 Å². The largest absolute Gasteiger partial charge is 0.337 e. The molecule has 0 aliphatic carbocycles. The number of piperidine rings is 1. The van der Waals surface area contributed by atoms with Crippen LogP contribution in [0, 0.1) is 0 Å². The molecule has 1 saturated heterocycles. The highest BCUT2D eigenvalue weighted by Crippen LogP contribution is 2.39. The molecule has 0 bridgehead atoms. The first-order valence-corrected chi connectivity index (χ1v) is 11.2. The van der Waals surface area contributed by atoms with Gasteiger partial charge in [0.05, 0.1) is 6.17 Å². The van der Waals surface area contributed by atoms with Gasteiger partial charge in [0.25, 0.3) is 5.91 Å². The zero-order valence-electron chi connectivity index (χ0n) is 18.2. The zero-order chi connectivity index (χ0) is 21.5. The Morgan fingerprint density at radius 3 is 2.26 bits per heavy atom. The van der Waals surface area contributed by atoms with Gasteiger partial charge in [-0.3, -0.25) is 14.7 Å². The summed E-state index contributed by atoms with van der Waals surface area (Å²) in [5.74, 6) is -0.0151. The van der Waals surface area contributed by atoms with Crippen LogP contribution in [0.5, 0.6) is 0 Å². The van der Waals surface area contributed by atoms with E-state index in [1.807, 2.05) is 42.6 Å². The monoisotopic (exact) mass is 413 g/mol. The number of aromatic nitrogens is 1. The number of nitrogens with zero attached hydrogens (tertiary/aromatic N) is 2. The normalized spacial score (nSPS) is 17.1. The van der Waals surface area contributed by atoms with Crippen molar-refractivity contribution in [2.24, 2.45) is 0 Å². The molecular weight excluding hydrogens is 382 g/mol. The van der Waals surface area contributed by atoms with Crippen LogP contribution in [0.15, 0.2) is 85.1 Å². The molecule has 1 fully saturated rings. The Morgan fingerprint density at radius 1 is 0.968 bits per heavy atom. The Labute approximate surface area is 185 Å². The van der Waals surface area contributed by atoms with E-state index in [9.17, 15) is 4.79 Å². The molecule has 0 radical (unpaired) electrons. The molecule has 1 aliphatic rings. The van der Waals surface area contributed by atoms with Crippen LogP contribution in [0.4, 0.5) is 0 Å². The maximum atomic E-state index is 12.6. The van der Waals surface area contributed by atoms with Gasteiger partial charge in [0.15, 0.2) is 0 Å². The van der Waals surface area contributed by atoms with Crippen molar-refractivity contribution in [2.45, 2.75) is 44.2 Å². The van der Waals surface area contributed by atoms with E-state index in [0.717, 1.165) is 38.8 Å². The van der Waals surface area contributed by atoms with Gasteiger partial charge in [-0.1, -0.05) is 54.6 Å². The van der Waals surface area contributed by atoms with Crippen LogP contribution in [0.1, 0.15) is 47.8 Å². The highest BCUT2D eigenvalue weighted by Gasteiger charge is 2.38. The van der Waals surface area contributed by atoms with E-state index in [0.29, 0.717) is 5.56 Å². The Balaban J connectivity index is 1.42. The third kappa shape index (κ3) is 5.20. The summed E-state index contributed by atoms with van der Waals surface area (Å²) in [5.41, 5.74) is 3.36. The van der Waals surface area contributed by atoms with Gasteiger partial charge in [0, 0.05) is 36.0 Å². The van der Waals surface area contributed by atoms with Crippen molar-refractivity contribution in [2.75, 3.05) is 13.1 Å². The Kier molecular flexibility index (Phi) is 6.78. The lowest BCUT2D eigenvalue weighted by molar-refractivity contribution is 0.0749. The van der Waals surface area contributed by atoms with Crippen LogP contribution >= 0.6 is 0 Å². The van der Waals surface area contributed by atoms with E-state index < -0.39 is 0 Å². The van der Waals surface area contributed by atoms with E-state index in [4.69, 9.17) is 4.98 Å². The predicted octanol–water partition coefficient (Wildman–Crippen LogP) is 4.82. The molecule has 1 aromatic heterocycles. The average molecular weight is 414 g/mol. The van der Waals surface area contributed by atoms with Crippen LogP contribution in [0.25, 0.3) is 0 Å². The van der Waals surface area contributed by atoms with E-state index in [1.165, 1.54) is 11.3 Å². The second-order valence-corrected chi connectivity index (χ2v) is 8.53. The van der Waals surface area contributed by atoms with E-state index in [-0.39, 0.29) is 17.5 Å². The summed E-state index contributed by atoms with van der Waals surface area (Å²) in [6.45, 7) is 3.97. The number of hydrogen-bond donors (Lipinski definition) is 1. The number of amides is 1. The van der Waals surface area contributed by atoms with Gasteiger partial charge in [-0.05, 0) is 62.4 Å². The average Bonchev–Trinajstić information content (AvgIpc) is 2.85. The number of carbonyl (C=O) groups excluding carboxylic acids is 1. The van der Waals surface area contributed by atoms with Gasteiger partial charge in [-0.2, -0.15) is 0 Å². The van der Waals surface area contributed by atoms with Crippen LogP contribution in [0.3, 0.4) is 0 Å². The van der Waals surface area contributed by atoms with Crippen molar-refractivity contribution in [3.05, 3.63) is 102 Å². The van der Waals surface area contributed by atoms with Crippen LogP contribution in [0.2, 0.25) is 0 Å². The molecule has 31 heavy (non-hydrogen) atoms. The second-order valence-electron chi connectivity index (χ2n) is 8.53. The number of pyridine rings is 1. The molecule has 1 aliphatic heterocycles. The number of likely N-dealkylation sites (tertiary alicyclic amines) is 1. The first kappa shape index (κ1) is 21.3. The van der Waals surface area contributed by atoms with Gasteiger partial charge in [0.1, 0.15) is 0 Å². The lowest BCUT2D eigenvalue weighted by Crippen LogP contribution is -2.52. The molecule has 1 amide bonds.